The second kappa shape index (κ2) is 7.96. The molecule has 1 aliphatic carbocycles. The highest BCUT2D eigenvalue weighted by Crippen LogP contribution is 2.40. The van der Waals surface area contributed by atoms with Crippen molar-refractivity contribution in [1.82, 2.24) is 4.57 Å². The number of esters is 2. The van der Waals surface area contributed by atoms with Crippen molar-refractivity contribution in [2.75, 3.05) is 19.0 Å². The van der Waals surface area contributed by atoms with Gasteiger partial charge in [-0.1, -0.05) is 6.92 Å². The average molecular weight is 390 g/mol. The Morgan fingerprint density at radius 2 is 2.11 bits per heavy atom. The van der Waals surface area contributed by atoms with Crippen LogP contribution in [0.3, 0.4) is 0 Å². The molecule has 3 rings (SSSR count). The van der Waals surface area contributed by atoms with E-state index in [1.54, 1.807) is 29.9 Å². The third-order valence-electron chi connectivity index (χ3n) is 4.64. The summed E-state index contributed by atoms with van der Waals surface area (Å²) in [5.41, 5.74) is 1.74. The number of anilines is 1. The third-order valence-corrected chi connectivity index (χ3v) is 5.81. The quantitative estimate of drug-likeness (QED) is 0.794. The lowest BCUT2D eigenvalue weighted by Gasteiger charge is -2.18. The van der Waals surface area contributed by atoms with E-state index in [9.17, 15) is 14.4 Å². The van der Waals surface area contributed by atoms with E-state index in [1.165, 1.54) is 18.4 Å². The molecular weight excluding hydrogens is 368 g/mol. The summed E-state index contributed by atoms with van der Waals surface area (Å²) in [6.45, 7) is 1.74. The summed E-state index contributed by atoms with van der Waals surface area (Å²) in [6, 6.07) is 3.33. The summed E-state index contributed by atoms with van der Waals surface area (Å²) < 4.78 is 11.6. The maximum absolute atomic E-state index is 12.3. The van der Waals surface area contributed by atoms with Crippen molar-refractivity contribution >= 4 is 34.2 Å². The summed E-state index contributed by atoms with van der Waals surface area (Å²) >= 11 is 1.39. The number of methoxy groups -OCH3 is 1. The standard InChI is InChI=1S/C19H22N2O5S/c1-11-6-7-12-14(9-11)27-17(16(12)19(24)25-3)20-15(22)10-26-18(23)13-5-4-8-21(13)2/h4-5,8,11H,6-7,9-10H2,1-3H3,(H,20,22)/t11-/m1/s1. The van der Waals surface area contributed by atoms with E-state index < -0.39 is 24.5 Å². The van der Waals surface area contributed by atoms with E-state index in [-0.39, 0.29) is 0 Å². The van der Waals surface area contributed by atoms with Crippen molar-refractivity contribution in [3.8, 4) is 0 Å². The van der Waals surface area contributed by atoms with Crippen molar-refractivity contribution in [2.24, 2.45) is 13.0 Å². The predicted octanol–water partition coefficient (Wildman–Crippen LogP) is 2.79. The van der Waals surface area contributed by atoms with Crippen LogP contribution < -0.4 is 5.32 Å². The van der Waals surface area contributed by atoms with Gasteiger partial charge in [-0.05, 0) is 42.9 Å². The minimum Gasteiger partial charge on any atom is -0.465 e. The Morgan fingerprint density at radius 1 is 1.33 bits per heavy atom. The fraction of sp³-hybridized carbons (Fsp3) is 0.421. The number of hydrogen-bond donors (Lipinski definition) is 1. The van der Waals surface area contributed by atoms with Crippen LogP contribution in [0, 0.1) is 5.92 Å². The number of thiophene rings is 1. The van der Waals surface area contributed by atoms with Gasteiger partial charge in [0.15, 0.2) is 6.61 Å². The molecule has 1 atom stereocenters. The highest BCUT2D eigenvalue weighted by Gasteiger charge is 2.29. The minimum absolute atomic E-state index is 0.360. The number of aromatic nitrogens is 1. The first-order chi connectivity index (χ1) is 12.9. The molecular formula is C19H22N2O5S. The van der Waals surface area contributed by atoms with E-state index in [0.29, 0.717) is 22.2 Å². The first-order valence-electron chi connectivity index (χ1n) is 8.71. The molecule has 0 unspecified atom stereocenters. The van der Waals surface area contributed by atoms with Gasteiger partial charge in [0, 0.05) is 18.1 Å². The van der Waals surface area contributed by atoms with Crippen LogP contribution in [0.2, 0.25) is 0 Å². The Morgan fingerprint density at radius 3 is 2.78 bits per heavy atom. The van der Waals surface area contributed by atoms with Crippen LogP contribution in [0.15, 0.2) is 18.3 Å². The summed E-state index contributed by atoms with van der Waals surface area (Å²) in [5, 5.41) is 3.17. The SMILES string of the molecule is COC(=O)c1c(NC(=O)COC(=O)c2cccn2C)sc2c1CC[C@@H](C)C2. The molecule has 27 heavy (non-hydrogen) atoms. The highest BCUT2D eigenvalue weighted by molar-refractivity contribution is 7.17. The topological polar surface area (TPSA) is 86.6 Å². The summed E-state index contributed by atoms with van der Waals surface area (Å²) in [4.78, 5) is 37.6. The third kappa shape index (κ3) is 4.05. The molecule has 1 amide bonds. The fourth-order valence-corrected chi connectivity index (χ4v) is 4.61. The van der Waals surface area contributed by atoms with Gasteiger partial charge in [0.05, 0.1) is 12.7 Å². The molecule has 144 valence electrons. The molecule has 7 nitrogen and oxygen atoms in total. The normalized spacial score (nSPS) is 15.7. The van der Waals surface area contributed by atoms with Crippen molar-refractivity contribution < 1.29 is 23.9 Å². The number of hydrogen-bond acceptors (Lipinski definition) is 6. The maximum atomic E-state index is 12.3. The number of carbonyl (C=O) groups is 3. The Hall–Kier alpha value is -2.61. The minimum atomic E-state index is -0.579. The highest BCUT2D eigenvalue weighted by atomic mass is 32.1. The molecule has 0 saturated carbocycles. The maximum Gasteiger partial charge on any atom is 0.355 e. The Balaban J connectivity index is 1.71. The zero-order valence-electron chi connectivity index (χ0n) is 15.5. The van der Waals surface area contributed by atoms with Crippen molar-refractivity contribution in [1.29, 1.82) is 0 Å². The second-order valence-corrected chi connectivity index (χ2v) is 7.78. The molecule has 2 aromatic heterocycles. The second-order valence-electron chi connectivity index (χ2n) is 6.68. The van der Waals surface area contributed by atoms with Gasteiger partial charge in [0.1, 0.15) is 10.7 Å². The lowest BCUT2D eigenvalue weighted by Crippen LogP contribution is -2.22. The van der Waals surface area contributed by atoms with Crippen LogP contribution >= 0.6 is 11.3 Å². The van der Waals surface area contributed by atoms with Gasteiger partial charge in [-0.15, -0.1) is 11.3 Å². The molecule has 0 saturated heterocycles. The number of nitrogens with one attached hydrogen (secondary N) is 1. The van der Waals surface area contributed by atoms with Gasteiger partial charge in [-0.3, -0.25) is 4.79 Å². The van der Waals surface area contributed by atoms with Crippen LogP contribution in [0.4, 0.5) is 5.00 Å². The molecule has 0 bridgehead atoms. The Kier molecular flexibility index (Phi) is 5.65. The smallest absolute Gasteiger partial charge is 0.355 e. The number of carbonyl (C=O) groups excluding carboxylic acids is 3. The average Bonchev–Trinajstić information content (AvgIpc) is 3.21. The van der Waals surface area contributed by atoms with Gasteiger partial charge in [-0.2, -0.15) is 0 Å². The van der Waals surface area contributed by atoms with Crippen molar-refractivity contribution in [3.05, 3.63) is 40.0 Å². The number of amides is 1. The van der Waals surface area contributed by atoms with Crippen LogP contribution in [0.5, 0.6) is 0 Å². The van der Waals surface area contributed by atoms with Crippen LogP contribution in [0.25, 0.3) is 0 Å². The first-order valence-corrected chi connectivity index (χ1v) is 9.53. The first kappa shape index (κ1) is 19.2. The molecule has 0 aromatic carbocycles. The van der Waals surface area contributed by atoms with E-state index in [2.05, 4.69) is 12.2 Å². The molecule has 0 spiro atoms. The summed E-state index contributed by atoms with van der Waals surface area (Å²) in [6.07, 6.45) is 4.38. The van der Waals surface area contributed by atoms with E-state index in [4.69, 9.17) is 9.47 Å². The van der Waals surface area contributed by atoms with Gasteiger partial charge in [0.25, 0.3) is 5.91 Å². The largest absolute Gasteiger partial charge is 0.465 e. The fourth-order valence-electron chi connectivity index (χ4n) is 3.20. The number of nitrogens with zero attached hydrogens (tertiary/aromatic N) is 1. The molecule has 2 heterocycles. The Labute approximate surface area is 161 Å². The van der Waals surface area contributed by atoms with E-state index in [0.717, 1.165) is 29.7 Å². The van der Waals surface area contributed by atoms with Gasteiger partial charge >= 0.3 is 11.9 Å². The predicted molar refractivity (Wildman–Crippen MR) is 101 cm³/mol. The zero-order chi connectivity index (χ0) is 19.6. The number of fused-ring (bicyclic) bond motifs is 1. The molecule has 1 N–H and O–H groups in total. The lowest BCUT2D eigenvalue weighted by molar-refractivity contribution is -0.119. The number of ether oxygens (including phenoxy) is 2. The molecule has 0 radical (unpaired) electrons. The molecule has 8 heteroatoms. The van der Waals surface area contributed by atoms with E-state index in [1.807, 2.05) is 0 Å². The summed E-state index contributed by atoms with van der Waals surface area (Å²) in [5.74, 6) is -0.992. The van der Waals surface area contributed by atoms with Gasteiger partial charge in [0.2, 0.25) is 0 Å². The lowest BCUT2D eigenvalue weighted by atomic mass is 9.88. The zero-order valence-corrected chi connectivity index (χ0v) is 16.4. The Bertz CT molecular complexity index is 883. The molecule has 2 aromatic rings. The van der Waals surface area contributed by atoms with Crippen LogP contribution in [-0.2, 0) is 34.2 Å². The monoisotopic (exact) mass is 390 g/mol. The number of aryl methyl sites for hydroxylation is 1. The van der Waals surface area contributed by atoms with Gasteiger partial charge in [-0.25, -0.2) is 9.59 Å². The van der Waals surface area contributed by atoms with Gasteiger partial charge < -0.3 is 19.4 Å². The van der Waals surface area contributed by atoms with Crippen molar-refractivity contribution in [3.63, 3.8) is 0 Å². The molecule has 0 aliphatic heterocycles. The summed E-state index contributed by atoms with van der Waals surface area (Å²) in [7, 11) is 3.04. The van der Waals surface area contributed by atoms with Crippen molar-refractivity contribution in [2.45, 2.75) is 26.2 Å². The molecule has 0 fully saturated rings. The van der Waals surface area contributed by atoms with Crippen LogP contribution in [-0.4, -0.2) is 36.1 Å². The number of rotatable bonds is 5. The van der Waals surface area contributed by atoms with Crippen LogP contribution in [0.1, 0.15) is 44.6 Å². The van der Waals surface area contributed by atoms with E-state index >= 15 is 0 Å². The molecule has 1 aliphatic rings.